The zero-order chi connectivity index (χ0) is 11.1. The van der Waals surface area contributed by atoms with E-state index in [9.17, 15) is 5.11 Å². The number of hydrogen-bond donors (Lipinski definition) is 1. The van der Waals surface area contributed by atoms with Crippen molar-refractivity contribution in [2.24, 2.45) is 11.8 Å². The van der Waals surface area contributed by atoms with Crippen LogP contribution in [0, 0.1) is 18.8 Å². The van der Waals surface area contributed by atoms with Crippen LogP contribution in [0.4, 0.5) is 0 Å². The molecule has 0 spiro atoms. The number of aryl methyl sites for hydroxylation is 1. The van der Waals surface area contributed by atoms with Crippen LogP contribution in [0.15, 0.2) is 24.3 Å². The zero-order valence-electron chi connectivity index (χ0n) is 9.83. The minimum Gasteiger partial charge on any atom is -0.385 e. The third-order valence-electron chi connectivity index (χ3n) is 3.73. The van der Waals surface area contributed by atoms with Crippen LogP contribution in [0.5, 0.6) is 0 Å². The molecule has 0 atom stereocenters. The van der Waals surface area contributed by atoms with E-state index in [-0.39, 0.29) is 0 Å². The molecule has 1 heteroatoms. The van der Waals surface area contributed by atoms with Crippen molar-refractivity contribution in [1.29, 1.82) is 0 Å². The van der Waals surface area contributed by atoms with Crippen molar-refractivity contribution in [2.45, 2.75) is 39.2 Å². The molecular formula is C14H20O. The number of hydrogen-bond acceptors (Lipinski definition) is 1. The van der Waals surface area contributed by atoms with Crippen molar-refractivity contribution in [3.8, 4) is 0 Å². The predicted octanol–water partition coefficient (Wildman–Crippen LogP) is 3.25. The molecule has 0 radical (unpaired) electrons. The Morgan fingerprint density at radius 3 is 2.20 bits per heavy atom. The molecule has 1 aromatic carbocycles. The number of rotatable bonds is 2. The lowest BCUT2D eigenvalue weighted by molar-refractivity contribution is -0.0933. The molecule has 1 fully saturated rings. The minimum atomic E-state index is -0.539. The summed E-state index contributed by atoms with van der Waals surface area (Å²) in [5.41, 5.74) is 1.80. The van der Waals surface area contributed by atoms with E-state index < -0.39 is 5.60 Å². The van der Waals surface area contributed by atoms with Crippen LogP contribution in [-0.2, 0) is 5.60 Å². The average Bonchev–Trinajstić information content (AvgIpc) is 2.13. The molecule has 0 bridgehead atoms. The molecule has 0 heterocycles. The summed E-state index contributed by atoms with van der Waals surface area (Å²) < 4.78 is 0. The van der Waals surface area contributed by atoms with Crippen LogP contribution in [0.25, 0.3) is 0 Å². The summed E-state index contributed by atoms with van der Waals surface area (Å²) in [6.07, 6.45) is 1.85. The van der Waals surface area contributed by atoms with Gasteiger partial charge in [0.2, 0.25) is 0 Å². The molecule has 1 saturated carbocycles. The highest BCUT2D eigenvalue weighted by molar-refractivity contribution is 5.28. The predicted molar refractivity (Wildman–Crippen MR) is 62.6 cm³/mol. The summed E-state index contributed by atoms with van der Waals surface area (Å²) in [6.45, 7) is 6.55. The maximum Gasteiger partial charge on any atom is 0.0902 e. The minimum absolute atomic E-state index is 0.539. The van der Waals surface area contributed by atoms with Gasteiger partial charge in [-0.1, -0.05) is 43.7 Å². The Balaban J connectivity index is 2.10. The third kappa shape index (κ3) is 1.93. The van der Waals surface area contributed by atoms with Crippen molar-refractivity contribution in [3.63, 3.8) is 0 Å². The highest BCUT2D eigenvalue weighted by Crippen LogP contribution is 2.48. The summed E-state index contributed by atoms with van der Waals surface area (Å²) in [6, 6.07) is 8.28. The topological polar surface area (TPSA) is 20.2 Å². The smallest absolute Gasteiger partial charge is 0.0902 e. The fourth-order valence-corrected chi connectivity index (χ4v) is 2.38. The molecule has 0 aliphatic heterocycles. The molecule has 0 unspecified atom stereocenters. The lowest BCUT2D eigenvalue weighted by atomic mass is 9.63. The lowest BCUT2D eigenvalue weighted by Crippen LogP contribution is -2.43. The summed E-state index contributed by atoms with van der Waals surface area (Å²) in [4.78, 5) is 0. The Kier molecular flexibility index (Phi) is 2.59. The monoisotopic (exact) mass is 204 g/mol. The van der Waals surface area contributed by atoms with Gasteiger partial charge in [0, 0.05) is 0 Å². The molecule has 0 aromatic heterocycles. The van der Waals surface area contributed by atoms with E-state index in [4.69, 9.17) is 0 Å². The normalized spacial score (nSPS) is 30.3. The van der Waals surface area contributed by atoms with E-state index in [2.05, 4.69) is 45.0 Å². The molecule has 1 aliphatic carbocycles. The van der Waals surface area contributed by atoms with Gasteiger partial charge in [0.1, 0.15) is 0 Å². The molecule has 0 amide bonds. The van der Waals surface area contributed by atoms with E-state index in [1.165, 1.54) is 5.56 Å². The maximum absolute atomic E-state index is 10.4. The summed E-state index contributed by atoms with van der Waals surface area (Å²) in [7, 11) is 0. The molecule has 82 valence electrons. The Hall–Kier alpha value is -0.820. The second kappa shape index (κ2) is 3.64. The van der Waals surface area contributed by atoms with Gasteiger partial charge in [0.05, 0.1) is 5.60 Å². The first kappa shape index (κ1) is 10.7. The van der Waals surface area contributed by atoms with E-state index in [0.29, 0.717) is 11.8 Å². The van der Waals surface area contributed by atoms with Gasteiger partial charge in [-0.15, -0.1) is 0 Å². The molecule has 0 saturated heterocycles. The lowest BCUT2D eigenvalue weighted by Gasteiger charge is -2.46. The second-order valence-corrected chi connectivity index (χ2v) is 5.31. The van der Waals surface area contributed by atoms with Crippen molar-refractivity contribution in [3.05, 3.63) is 35.4 Å². The van der Waals surface area contributed by atoms with E-state index >= 15 is 0 Å². The van der Waals surface area contributed by atoms with Gasteiger partial charge in [0.15, 0.2) is 0 Å². The first-order valence-corrected chi connectivity index (χ1v) is 5.81. The summed E-state index contributed by atoms with van der Waals surface area (Å²) >= 11 is 0. The van der Waals surface area contributed by atoms with Crippen molar-refractivity contribution in [2.75, 3.05) is 0 Å². The summed E-state index contributed by atoms with van der Waals surface area (Å²) in [5, 5.41) is 10.4. The quantitative estimate of drug-likeness (QED) is 0.784. The highest BCUT2D eigenvalue weighted by atomic mass is 16.3. The fraction of sp³-hybridized carbons (Fsp3) is 0.571. The Labute approximate surface area is 92.1 Å². The zero-order valence-corrected chi connectivity index (χ0v) is 9.83. The molecule has 15 heavy (non-hydrogen) atoms. The Morgan fingerprint density at radius 1 is 1.20 bits per heavy atom. The first-order valence-electron chi connectivity index (χ1n) is 5.81. The standard InChI is InChI=1S/C14H20O/c1-10(2)12-8-14(15,9-12)13-6-4-11(3)5-7-13/h4-7,10,12,15H,8-9H2,1-3H3. The van der Waals surface area contributed by atoms with Crippen LogP contribution in [0.3, 0.4) is 0 Å². The van der Waals surface area contributed by atoms with Gasteiger partial charge in [0.25, 0.3) is 0 Å². The van der Waals surface area contributed by atoms with Crippen LogP contribution < -0.4 is 0 Å². The number of aliphatic hydroxyl groups is 1. The van der Waals surface area contributed by atoms with Crippen LogP contribution in [0.1, 0.15) is 37.8 Å². The fourth-order valence-electron chi connectivity index (χ4n) is 2.38. The molecule has 1 N–H and O–H groups in total. The molecule has 2 rings (SSSR count). The van der Waals surface area contributed by atoms with E-state index in [0.717, 1.165) is 18.4 Å². The van der Waals surface area contributed by atoms with Gasteiger partial charge in [-0.25, -0.2) is 0 Å². The Morgan fingerprint density at radius 2 is 1.73 bits per heavy atom. The third-order valence-corrected chi connectivity index (χ3v) is 3.73. The van der Waals surface area contributed by atoms with Crippen molar-refractivity contribution >= 4 is 0 Å². The molecular weight excluding hydrogens is 184 g/mol. The molecule has 1 aliphatic rings. The van der Waals surface area contributed by atoms with E-state index in [1.807, 2.05) is 0 Å². The summed E-state index contributed by atoms with van der Waals surface area (Å²) in [5.74, 6) is 1.38. The van der Waals surface area contributed by atoms with Gasteiger partial charge in [-0.3, -0.25) is 0 Å². The van der Waals surface area contributed by atoms with Gasteiger partial charge in [-0.2, -0.15) is 0 Å². The first-order chi connectivity index (χ1) is 7.01. The van der Waals surface area contributed by atoms with Gasteiger partial charge >= 0.3 is 0 Å². The van der Waals surface area contributed by atoms with Crippen LogP contribution in [0.2, 0.25) is 0 Å². The highest BCUT2D eigenvalue weighted by Gasteiger charge is 2.44. The van der Waals surface area contributed by atoms with E-state index in [1.54, 1.807) is 0 Å². The number of benzene rings is 1. The van der Waals surface area contributed by atoms with Crippen molar-refractivity contribution in [1.82, 2.24) is 0 Å². The molecule has 1 aromatic rings. The van der Waals surface area contributed by atoms with Crippen LogP contribution in [-0.4, -0.2) is 5.11 Å². The SMILES string of the molecule is Cc1ccc(C2(O)CC(C(C)C)C2)cc1. The Bertz CT molecular complexity index is 331. The second-order valence-electron chi connectivity index (χ2n) is 5.31. The largest absolute Gasteiger partial charge is 0.385 e. The average molecular weight is 204 g/mol. The maximum atomic E-state index is 10.4. The van der Waals surface area contributed by atoms with Gasteiger partial charge in [-0.05, 0) is 37.2 Å². The van der Waals surface area contributed by atoms with Crippen LogP contribution >= 0.6 is 0 Å². The van der Waals surface area contributed by atoms with Gasteiger partial charge < -0.3 is 5.11 Å². The molecule has 1 nitrogen and oxygen atoms in total. The van der Waals surface area contributed by atoms with Crippen molar-refractivity contribution < 1.29 is 5.11 Å².